The van der Waals surface area contributed by atoms with Crippen molar-refractivity contribution in [2.45, 2.75) is 11.8 Å². The van der Waals surface area contributed by atoms with Crippen LogP contribution in [0.4, 0.5) is 11.4 Å². The molecule has 0 aromatic heterocycles. The van der Waals surface area contributed by atoms with Crippen molar-refractivity contribution in [1.82, 2.24) is 4.90 Å². The maximum Gasteiger partial charge on any atom is 0.238 e. The molecular formula is C19H24N4O3S. The van der Waals surface area contributed by atoms with E-state index in [9.17, 15) is 13.2 Å². The number of hydrogen-bond donors (Lipinski definition) is 2. The van der Waals surface area contributed by atoms with Gasteiger partial charge in [-0.25, -0.2) is 13.6 Å². The minimum absolute atomic E-state index is 0.0212. The molecule has 7 nitrogen and oxygen atoms in total. The van der Waals surface area contributed by atoms with Gasteiger partial charge >= 0.3 is 0 Å². The van der Waals surface area contributed by atoms with Crippen LogP contribution in [0.5, 0.6) is 0 Å². The molecule has 1 aliphatic heterocycles. The molecule has 1 amide bonds. The van der Waals surface area contributed by atoms with Gasteiger partial charge in [0.25, 0.3) is 0 Å². The minimum Gasteiger partial charge on any atom is -0.369 e. The molecule has 1 aliphatic rings. The molecule has 0 aliphatic carbocycles. The van der Waals surface area contributed by atoms with Crippen LogP contribution < -0.4 is 15.4 Å². The standard InChI is InChI=1S/C19H24N4O3S/c1-15-4-2-6-17(12-15)23-10-8-22(9-11-23)14-19(24)21-16-5-3-7-18(13-16)27(20,25)26/h2-7,12-13H,8-11,14H2,1H3,(H,21,24)(H2,20,25,26). The molecule has 0 atom stereocenters. The molecule has 3 rings (SSSR count). The molecule has 1 saturated heterocycles. The first kappa shape index (κ1) is 19.3. The molecule has 27 heavy (non-hydrogen) atoms. The normalized spacial score (nSPS) is 15.6. The lowest BCUT2D eigenvalue weighted by Crippen LogP contribution is -2.48. The molecule has 1 heterocycles. The molecule has 8 heteroatoms. The Hall–Kier alpha value is -2.42. The maximum absolute atomic E-state index is 12.3. The van der Waals surface area contributed by atoms with Crippen molar-refractivity contribution in [3.05, 3.63) is 54.1 Å². The predicted octanol–water partition coefficient (Wildman–Crippen LogP) is 1.40. The summed E-state index contributed by atoms with van der Waals surface area (Å²) in [6.45, 7) is 5.64. The topological polar surface area (TPSA) is 95.7 Å². The summed E-state index contributed by atoms with van der Waals surface area (Å²) >= 11 is 0. The number of anilines is 2. The Labute approximate surface area is 159 Å². The molecule has 3 N–H and O–H groups in total. The summed E-state index contributed by atoms with van der Waals surface area (Å²) in [5, 5.41) is 7.86. The van der Waals surface area contributed by atoms with E-state index in [0.29, 0.717) is 5.69 Å². The fourth-order valence-electron chi connectivity index (χ4n) is 3.14. The summed E-state index contributed by atoms with van der Waals surface area (Å²) in [6, 6.07) is 14.4. The highest BCUT2D eigenvalue weighted by molar-refractivity contribution is 7.89. The number of aryl methyl sites for hydroxylation is 1. The lowest BCUT2D eigenvalue weighted by atomic mass is 10.2. The van der Waals surface area contributed by atoms with Crippen LogP contribution in [0, 0.1) is 6.92 Å². The van der Waals surface area contributed by atoms with Crippen molar-refractivity contribution in [2.75, 3.05) is 42.9 Å². The van der Waals surface area contributed by atoms with Gasteiger partial charge < -0.3 is 10.2 Å². The van der Waals surface area contributed by atoms with Crippen LogP contribution in [-0.4, -0.2) is 51.9 Å². The Bertz CT molecular complexity index is 922. The second-order valence-electron chi connectivity index (χ2n) is 6.72. The van der Waals surface area contributed by atoms with Gasteiger partial charge in [0.05, 0.1) is 11.4 Å². The number of amides is 1. The van der Waals surface area contributed by atoms with E-state index in [1.165, 1.54) is 23.4 Å². The number of nitrogens with zero attached hydrogens (tertiary/aromatic N) is 2. The number of hydrogen-bond acceptors (Lipinski definition) is 5. The zero-order chi connectivity index (χ0) is 19.4. The number of piperazine rings is 1. The quantitative estimate of drug-likeness (QED) is 0.807. The third-order valence-electron chi connectivity index (χ3n) is 4.55. The van der Waals surface area contributed by atoms with Gasteiger partial charge in [-0.3, -0.25) is 9.69 Å². The van der Waals surface area contributed by atoms with E-state index in [1.54, 1.807) is 12.1 Å². The van der Waals surface area contributed by atoms with E-state index in [4.69, 9.17) is 5.14 Å². The van der Waals surface area contributed by atoms with Gasteiger partial charge in [-0.1, -0.05) is 18.2 Å². The highest BCUT2D eigenvalue weighted by Gasteiger charge is 2.19. The fourth-order valence-corrected chi connectivity index (χ4v) is 3.70. The van der Waals surface area contributed by atoms with Crippen molar-refractivity contribution in [1.29, 1.82) is 0 Å². The molecule has 0 bridgehead atoms. The average Bonchev–Trinajstić information content (AvgIpc) is 2.62. The Balaban J connectivity index is 1.53. The third-order valence-corrected chi connectivity index (χ3v) is 5.46. The van der Waals surface area contributed by atoms with E-state index < -0.39 is 10.0 Å². The molecular weight excluding hydrogens is 364 g/mol. The van der Waals surface area contributed by atoms with Gasteiger partial charge in [-0.05, 0) is 42.8 Å². The number of rotatable bonds is 5. The summed E-state index contributed by atoms with van der Waals surface area (Å²) in [5.74, 6) is -0.175. The van der Waals surface area contributed by atoms with Crippen LogP contribution in [0.2, 0.25) is 0 Å². The summed E-state index contributed by atoms with van der Waals surface area (Å²) in [4.78, 5) is 16.7. The number of sulfonamides is 1. The van der Waals surface area contributed by atoms with Crippen LogP contribution in [-0.2, 0) is 14.8 Å². The van der Waals surface area contributed by atoms with Crippen molar-refractivity contribution >= 4 is 27.3 Å². The van der Waals surface area contributed by atoms with Gasteiger partial charge in [0.2, 0.25) is 15.9 Å². The first-order valence-electron chi connectivity index (χ1n) is 8.78. The number of nitrogens with two attached hydrogens (primary N) is 1. The molecule has 0 unspecified atom stereocenters. The summed E-state index contributed by atoms with van der Waals surface area (Å²) in [6.07, 6.45) is 0. The average molecular weight is 388 g/mol. The fraction of sp³-hybridized carbons (Fsp3) is 0.316. The number of carbonyl (C=O) groups is 1. The van der Waals surface area contributed by atoms with E-state index in [1.807, 2.05) is 0 Å². The number of benzene rings is 2. The number of carbonyl (C=O) groups excluding carboxylic acids is 1. The monoisotopic (exact) mass is 388 g/mol. The maximum atomic E-state index is 12.3. The predicted molar refractivity (Wildman–Crippen MR) is 106 cm³/mol. The Morgan fingerprint density at radius 2 is 1.78 bits per heavy atom. The van der Waals surface area contributed by atoms with Crippen LogP contribution >= 0.6 is 0 Å². The Kier molecular flexibility index (Phi) is 5.79. The zero-order valence-corrected chi connectivity index (χ0v) is 16.1. The third kappa shape index (κ3) is 5.29. The van der Waals surface area contributed by atoms with E-state index >= 15 is 0 Å². The Morgan fingerprint density at radius 3 is 2.44 bits per heavy atom. The first-order valence-corrected chi connectivity index (χ1v) is 10.3. The molecule has 2 aromatic rings. The van der Waals surface area contributed by atoms with E-state index in [0.717, 1.165) is 26.2 Å². The smallest absolute Gasteiger partial charge is 0.238 e. The zero-order valence-electron chi connectivity index (χ0n) is 15.3. The lowest BCUT2D eigenvalue weighted by molar-refractivity contribution is -0.117. The molecule has 144 valence electrons. The van der Waals surface area contributed by atoms with Crippen LogP contribution in [0.1, 0.15) is 5.56 Å². The second kappa shape index (κ2) is 8.08. The number of nitrogens with one attached hydrogen (secondary N) is 1. The molecule has 0 saturated carbocycles. The highest BCUT2D eigenvalue weighted by Crippen LogP contribution is 2.18. The summed E-state index contributed by atoms with van der Waals surface area (Å²) in [7, 11) is -3.79. The SMILES string of the molecule is Cc1cccc(N2CCN(CC(=O)Nc3cccc(S(N)(=O)=O)c3)CC2)c1. The van der Waals surface area contributed by atoms with Crippen molar-refractivity contribution in [2.24, 2.45) is 5.14 Å². The summed E-state index contributed by atoms with van der Waals surface area (Å²) < 4.78 is 22.8. The second-order valence-corrected chi connectivity index (χ2v) is 8.28. The first-order chi connectivity index (χ1) is 12.8. The van der Waals surface area contributed by atoms with E-state index in [-0.39, 0.29) is 17.3 Å². The molecule has 0 radical (unpaired) electrons. The van der Waals surface area contributed by atoms with Gasteiger partial charge in [0.15, 0.2) is 0 Å². The molecule has 1 fully saturated rings. The Morgan fingerprint density at radius 1 is 1.07 bits per heavy atom. The lowest BCUT2D eigenvalue weighted by Gasteiger charge is -2.35. The molecule has 2 aromatic carbocycles. The van der Waals surface area contributed by atoms with Crippen molar-refractivity contribution < 1.29 is 13.2 Å². The van der Waals surface area contributed by atoms with Gasteiger partial charge in [0.1, 0.15) is 0 Å². The van der Waals surface area contributed by atoms with Crippen molar-refractivity contribution in [3.8, 4) is 0 Å². The van der Waals surface area contributed by atoms with Gasteiger partial charge in [-0.2, -0.15) is 0 Å². The van der Waals surface area contributed by atoms with Crippen LogP contribution in [0.3, 0.4) is 0 Å². The van der Waals surface area contributed by atoms with Crippen molar-refractivity contribution in [3.63, 3.8) is 0 Å². The van der Waals surface area contributed by atoms with Crippen LogP contribution in [0.15, 0.2) is 53.4 Å². The minimum atomic E-state index is -3.79. The van der Waals surface area contributed by atoms with Gasteiger partial charge in [-0.15, -0.1) is 0 Å². The van der Waals surface area contributed by atoms with Crippen LogP contribution in [0.25, 0.3) is 0 Å². The molecule has 0 spiro atoms. The highest BCUT2D eigenvalue weighted by atomic mass is 32.2. The summed E-state index contributed by atoms with van der Waals surface area (Å²) in [5.41, 5.74) is 2.86. The number of primary sulfonamides is 1. The largest absolute Gasteiger partial charge is 0.369 e. The van der Waals surface area contributed by atoms with E-state index in [2.05, 4.69) is 46.3 Å². The van der Waals surface area contributed by atoms with Gasteiger partial charge in [0, 0.05) is 37.6 Å².